The second-order valence-electron chi connectivity index (χ2n) is 3.61. The van der Waals surface area contributed by atoms with Gasteiger partial charge in [0.1, 0.15) is 0 Å². The van der Waals surface area contributed by atoms with Crippen molar-refractivity contribution >= 4 is 10.0 Å². The number of sulfonamides is 1. The summed E-state index contributed by atoms with van der Waals surface area (Å²) in [5.74, 6) is 0.112. The lowest BCUT2D eigenvalue weighted by Crippen LogP contribution is -2.44. The van der Waals surface area contributed by atoms with Crippen LogP contribution in [0.15, 0.2) is 0 Å². The van der Waals surface area contributed by atoms with Crippen LogP contribution in [-0.4, -0.2) is 38.2 Å². The van der Waals surface area contributed by atoms with Gasteiger partial charge in [-0.05, 0) is 25.9 Å². The summed E-state index contributed by atoms with van der Waals surface area (Å²) in [6, 6.07) is 0.147. The number of hydrogen-bond acceptors (Lipinski definition) is 3. The van der Waals surface area contributed by atoms with Crippen LogP contribution in [0.3, 0.4) is 0 Å². The Balaban J connectivity index is 2.55. The van der Waals surface area contributed by atoms with Gasteiger partial charge in [0, 0.05) is 6.04 Å². The smallest absolute Gasteiger partial charge is 0.210 e. The Hall–Kier alpha value is -0.130. The Bertz CT molecular complexity index is 251. The molecule has 1 heterocycles. The van der Waals surface area contributed by atoms with Crippen molar-refractivity contribution in [3.63, 3.8) is 0 Å². The monoisotopic (exact) mass is 206 g/mol. The molecular weight excluding hydrogens is 188 g/mol. The van der Waals surface area contributed by atoms with Gasteiger partial charge >= 0.3 is 0 Å². The van der Waals surface area contributed by atoms with Crippen molar-refractivity contribution in [1.29, 1.82) is 0 Å². The molecule has 1 fully saturated rings. The Morgan fingerprint density at radius 2 is 2.15 bits per heavy atom. The summed E-state index contributed by atoms with van der Waals surface area (Å²) in [5, 5.41) is 5.03. The van der Waals surface area contributed by atoms with Gasteiger partial charge in [-0.1, -0.05) is 13.3 Å². The van der Waals surface area contributed by atoms with Gasteiger partial charge in [0.05, 0.1) is 5.75 Å². The fourth-order valence-electron chi connectivity index (χ4n) is 1.93. The van der Waals surface area contributed by atoms with Gasteiger partial charge in [-0.25, -0.2) is 13.6 Å². The van der Waals surface area contributed by atoms with Crippen molar-refractivity contribution in [3.8, 4) is 0 Å². The SMILES string of the molecule is CCN1CCCCC1CS(N)(=O)=O. The highest BCUT2D eigenvalue weighted by Gasteiger charge is 2.24. The third-order valence-electron chi connectivity index (χ3n) is 2.58. The molecule has 1 saturated heterocycles. The molecule has 1 atom stereocenters. The minimum atomic E-state index is -3.31. The zero-order valence-corrected chi connectivity index (χ0v) is 8.89. The molecule has 0 aromatic carbocycles. The molecule has 0 aromatic rings. The Kier molecular flexibility index (Phi) is 3.70. The van der Waals surface area contributed by atoms with E-state index in [1.807, 2.05) is 0 Å². The summed E-state index contributed by atoms with van der Waals surface area (Å²) in [6.07, 6.45) is 3.26. The molecule has 0 radical (unpaired) electrons. The molecule has 0 aliphatic carbocycles. The van der Waals surface area contributed by atoms with Gasteiger partial charge in [-0.3, -0.25) is 4.90 Å². The third-order valence-corrected chi connectivity index (χ3v) is 3.43. The fourth-order valence-corrected chi connectivity index (χ4v) is 2.85. The van der Waals surface area contributed by atoms with Gasteiger partial charge < -0.3 is 0 Å². The first-order chi connectivity index (χ1) is 6.03. The number of hydrogen-bond donors (Lipinski definition) is 1. The van der Waals surface area contributed by atoms with Gasteiger partial charge in [0.15, 0.2) is 0 Å². The van der Waals surface area contributed by atoms with E-state index in [4.69, 9.17) is 5.14 Å². The van der Waals surface area contributed by atoms with Crippen molar-refractivity contribution in [3.05, 3.63) is 0 Å². The average molecular weight is 206 g/mol. The van der Waals surface area contributed by atoms with E-state index in [1.54, 1.807) is 0 Å². The molecule has 13 heavy (non-hydrogen) atoms. The fraction of sp³-hybridized carbons (Fsp3) is 1.00. The highest BCUT2D eigenvalue weighted by atomic mass is 32.2. The molecule has 0 spiro atoms. The predicted molar refractivity (Wildman–Crippen MR) is 52.9 cm³/mol. The van der Waals surface area contributed by atoms with Crippen LogP contribution in [0.5, 0.6) is 0 Å². The van der Waals surface area contributed by atoms with Crippen LogP contribution in [0.25, 0.3) is 0 Å². The summed E-state index contributed by atoms with van der Waals surface area (Å²) < 4.78 is 21.8. The van der Waals surface area contributed by atoms with Crippen LogP contribution < -0.4 is 5.14 Å². The molecule has 0 aromatic heterocycles. The molecule has 1 aliphatic rings. The summed E-state index contributed by atoms with van der Waals surface area (Å²) in [7, 11) is -3.31. The number of rotatable bonds is 3. The quantitative estimate of drug-likeness (QED) is 0.715. The van der Waals surface area contributed by atoms with Crippen LogP contribution in [0.1, 0.15) is 26.2 Å². The number of nitrogens with zero attached hydrogens (tertiary/aromatic N) is 1. The van der Waals surface area contributed by atoms with Crippen LogP contribution in [-0.2, 0) is 10.0 Å². The molecule has 0 saturated carbocycles. The van der Waals surface area contributed by atoms with E-state index < -0.39 is 10.0 Å². The molecule has 5 heteroatoms. The largest absolute Gasteiger partial charge is 0.300 e. The van der Waals surface area contributed by atoms with Crippen molar-refractivity contribution in [1.82, 2.24) is 4.90 Å². The predicted octanol–water partition coefficient (Wildman–Crippen LogP) is 0.149. The highest BCUT2D eigenvalue weighted by Crippen LogP contribution is 2.17. The summed E-state index contributed by atoms with van der Waals surface area (Å²) >= 11 is 0. The van der Waals surface area contributed by atoms with Gasteiger partial charge in [0.2, 0.25) is 10.0 Å². The van der Waals surface area contributed by atoms with Gasteiger partial charge in [0.25, 0.3) is 0 Å². The normalized spacial score (nSPS) is 26.2. The van der Waals surface area contributed by atoms with E-state index in [0.29, 0.717) is 0 Å². The van der Waals surface area contributed by atoms with Crippen molar-refractivity contribution in [2.45, 2.75) is 32.2 Å². The van der Waals surface area contributed by atoms with Crippen molar-refractivity contribution in [2.24, 2.45) is 5.14 Å². The van der Waals surface area contributed by atoms with E-state index in [0.717, 1.165) is 25.9 Å². The van der Waals surface area contributed by atoms with Crippen molar-refractivity contribution < 1.29 is 8.42 Å². The van der Waals surface area contributed by atoms with E-state index in [2.05, 4.69) is 11.8 Å². The Labute approximate surface area is 80.1 Å². The number of nitrogens with two attached hydrogens (primary N) is 1. The number of piperidine rings is 1. The highest BCUT2D eigenvalue weighted by molar-refractivity contribution is 7.89. The van der Waals surface area contributed by atoms with E-state index in [-0.39, 0.29) is 11.8 Å². The Morgan fingerprint density at radius 3 is 2.69 bits per heavy atom. The maximum absolute atomic E-state index is 10.9. The first-order valence-corrected chi connectivity index (χ1v) is 6.49. The standard InChI is InChI=1S/C8H18N2O2S/c1-2-10-6-4-3-5-8(10)7-13(9,11)12/h8H,2-7H2,1H3,(H2,9,11,12). The minimum Gasteiger partial charge on any atom is -0.300 e. The second-order valence-corrected chi connectivity index (χ2v) is 5.27. The van der Waals surface area contributed by atoms with E-state index in [1.165, 1.54) is 6.42 Å². The lowest BCUT2D eigenvalue weighted by atomic mass is 10.0. The average Bonchev–Trinajstić information content (AvgIpc) is 2.02. The first-order valence-electron chi connectivity index (χ1n) is 4.77. The lowest BCUT2D eigenvalue weighted by Gasteiger charge is -2.34. The van der Waals surface area contributed by atoms with E-state index >= 15 is 0 Å². The zero-order valence-electron chi connectivity index (χ0n) is 8.07. The van der Waals surface area contributed by atoms with Crippen molar-refractivity contribution in [2.75, 3.05) is 18.8 Å². The second kappa shape index (κ2) is 4.39. The first kappa shape index (κ1) is 10.9. The van der Waals surface area contributed by atoms with Crippen LogP contribution >= 0.6 is 0 Å². The summed E-state index contributed by atoms with van der Waals surface area (Å²) in [4.78, 5) is 2.20. The number of likely N-dealkylation sites (tertiary alicyclic amines) is 1. The molecule has 1 unspecified atom stereocenters. The number of primary sulfonamides is 1. The molecule has 1 aliphatic heterocycles. The molecule has 0 bridgehead atoms. The minimum absolute atomic E-state index is 0.112. The maximum Gasteiger partial charge on any atom is 0.210 e. The van der Waals surface area contributed by atoms with Crippen LogP contribution in [0.4, 0.5) is 0 Å². The third kappa shape index (κ3) is 3.62. The topological polar surface area (TPSA) is 63.4 Å². The van der Waals surface area contributed by atoms with Crippen LogP contribution in [0, 0.1) is 0 Å². The Morgan fingerprint density at radius 1 is 1.46 bits per heavy atom. The summed E-state index contributed by atoms with van der Waals surface area (Å²) in [5.41, 5.74) is 0. The summed E-state index contributed by atoms with van der Waals surface area (Å²) in [6.45, 7) is 3.98. The molecule has 1 rings (SSSR count). The molecule has 4 nitrogen and oxygen atoms in total. The lowest BCUT2D eigenvalue weighted by molar-refractivity contribution is 0.171. The molecule has 78 valence electrons. The molecule has 0 amide bonds. The van der Waals surface area contributed by atoms with Crippen LogP contribution in [0.2, 0.25) is 0 Å². The van der Waals surface area contributed by atoms with Gasteiger partial charge in [-0.15, -0.1) is 0 Å². The van der Waals surface area contributed by atoms with Gasteiger partial charge in [-0.2, -0.15) is 0 Å². The van der Waals surface area contributed by atoms with E-state index in [9.17, 15) is 8.42 Å². The molecule has 2 N–H and O–H groups in total. The maximum atomic E-state index is 10.9. The molecular formula is C8H18N2O2S. The zero-order chi connectivity index (χ0) is 9.90.